The molecule has 8 nitrogen and oxygen atoms in total. The molecule has 0 aliphatic heterocycles. The van der Waals surface area contributed by atoms with Crippen molar-refractivity contribution < 1.29 is 14.7 Å². The fraction of sp³-hybridized carbons (Fsp3) is 0.0769. The number of H-pyrrole nitrogens is 1. The summed E-state index contributed by atoms with van der Waals surface area (Å²) < 4.78 is 0. The first-order chi connectivity index (χ1) is 10.5. The summed E-state index contributed by atoms with van der Waals surface area (Å²) in [7, 11) is 1.39. The Morgan fingerprint density at radius 2 is 2.23 bits per heavy atom. The number of anilines is 2. The smallest absolute Gasteiger partial charge is 0.413 e. The van der Waals surface area contributed by atoms with Crippen molar-refractivity contribution in [3.63, 3.8) is 0 Å². The van der Waals surface area contributed by atoms with Gasteiger partial charge in [-0.3, -0.25) is 9.69 Å². The van der Waals surface area contributed by atoms with Crippen LogP contribution in [0, 0.1) is 0 Å². The van der Waals surface area contributed by atoms with Crippen LogP contribution < -0.4 is 10.2 Å². The highest BCUT2D eigenvalue weighted by molar-refractivity contribution is 7.07. The first-order valence-corrected chi connectivity index (χ1v) is 7.15. The number of carboxylic acid groups (broad SMARTS) is 1. The van der Waals surface area contributed by atoms with Gasteiger partial charge in [0.25, 0.3) is 5.91 Å². The van der Waals surface area contributed by atoms with Crippen molar-refractivity contribution in [1.29, 1.82) is 0 Å². The molecule has 22 heavy (non-hydrogen) atoms. The second-order valence-electron chi connectivity index (χ2n) is 4.46. The molecule has 0 aliphatic carbocycles. The van der Waals surface area contributed by atoms with E-state index in [-0.39, 0.29) is 11.9 Å². The fourth-order valence-electron chi connectivity index (χ4n) is 1.84. The van der Waals surface area contributed by atoms with Gasteiger partial charge in [-0.1, -0.05) is 0 Å². The van der Waals surface area contributed by atoms with Gasteiger partial charge in [0, 0.05) is 18.1 Å². The maximum absolute atomic E-state index is 11.9. The van der Waals surface area contributed by atoms with Gasteiger partial charge in [0.1, 0.15) is 5.69 Å². The number of benzene rings is 1. The van der Waals surface area contributed by atoms with Crippen molar-refractivity contribution in [2.75, 3.05) is 17.3 Å². The molecule has 0 unspecified atom stereocenters. The normalized spacial score (nSPS) is 10.6. The zero-order valence-electron chi connectivity index (χ0n) is 11.4. The quantitative estimate of drug-likeness (QED) is 0.687. The van der Waals surface area contributed by atoms with E-state index in [2.05, 4.69) is 20.3 Å². The van der Waals surface area contributed by atoms with Crippen LogP contribution in [-0.2, 0) is 0 Å². The largest absolute Gasteiger partial charge is 0.465 e. The molecular formula is C13H11N5O3S. The maximum atomic E-state index is 11.9. The third-order valence-corrected chi connectivity index (χ3v) is 3.58. The Morgan fingerprint density at radius 1 is 1.41 bits per heavy atom. The zero-order chi connectivity index (χ0) is 15.7. The molecule has 2 aromatic heterocycles. The monoisotopic (exact) mass is 317 g/mol. The molecule has 0 fully saturated rings. The van der Waals surface area contributed by atoms with Crippen molar-refractivity contribution in [1.82, 2.24) is 15.0 Å². The molecule has 1 aromatic carbocycles. The lowest BCUT2D eigenvalue weighted by Crippen LogP contribution is -2.24. The molecule has 2 amide bonds. The Labute approximate surface area is 128 Å². The number of carbonyl (C=O) groups excluding carboxylic acids is 1. The molecular weight excluding hydrogens is 306 g/mol. The molecule has 0 atom stereocenters. The van der Waals surface area contributed by atoms with E-state index < -0.39 is 6.09 Å². The minimum absolute atomic E-state index is 0.213. The Bertz CT molecular complexity index is 843. The van der Waals surface area contributed by atoms with Gasteiger partial charge in [-0.15, -0.1) is 11.3 Å². The summed E-state index contributed by atoms with van der Waals surface area (Å²) in [5, 5.41) is 13.3. The predicted octanol–water partition coefficient (Wildman–Crippen LogP) is 2.39. The lowest BCUT2D eigenvalue weighted by atomic mass is 10.2. The van der Waals surface area contributed by atoms with E-state index in [1.807, 2.05) is 0 Å². The minimum Gasteiger partial charge on any atom is -0.465 e. The number of thiazole rings is 1. The zero-order valence-corrected chi connectivity index (χ0v) is 12.2. The van der Waals surface area contributed by atoms with E-state index in [1.165, 1.54) is 18.4 Å². The molecule has 3 N–H and O–H groups in total. The SMILES string of the molecule is CN(C(=O)O)c1nc2ccc(NC(=O)c3cscn3)cc2[nH]1. The number of nitrogens with zero attached hydrogens (tertiary/aromatic N) is 3. The van der Waals surface area contributed by atoms with Crippen molar-refractivity contribution in [2.24, 2.45) is 0 Å². The van der Waals surface area contributed by atoms with Crippen molar-refractivity contribution in [3.8, 4) is 0 Å². The number of aromatic amines is 1. The van der Waals surface area contributed by atoms with Crippen LogP contribution in [-0.4, -0.2) is 39.1 Å². The standard InChI is InChI=1S/C13H11N5O3S/c1-18(13(20)21)12-16-8-3-2-7(4-9(8)17-12)15-11(19)10-5-22-6-14-10/h2-6H,1H3,(H,15,19)(H,16,17)(H,20,21). The Balaban J connectivity index is 1.86. The molecule has 0 aliphatic rings. The third-order valence-electron chi connectivity index (χ3n) is 3.00. The molecule has 9 heteroatoms. The van der Waals surface area contributed by atoms with Crippen LogP contribution in [0.1, 0.15) is 10.5 Å². The van der Waals surface area contributed by atoms with E-state index in [9.17, 15) is 9.59 Å². The van der Waals surface area contributed by atoms with Gasteiger partial charge in [-0.05, 0) is 18.2 Å². The van der Waals surface area contributed by atoms with Gasteiger partial charge >= 0.3 is 6.09 Å². The summed E-state index contributed by atoms with van der Waals surface area (Å²) in [5.74, 6) is -0.0894. The van der Waals surface area contributed by atoms with Crippen LogP contribution in [0.2, 0.25) is 0 Å². The number of amides is 2. The lowest BCUT2D eigenvalue weighted by molar-refractivity contribution is 0.102. The number of aromatic nitrogens is 3. The molecule has 2 heterocycles. The number of hydrogen-bond donors (Lipinski definition) is 3. The maximum Gasteiger partial charge on any atom is 0.413 e. The summed E-state index contributed by atoms with van der Waals surface area (Å²) in [6.45, 7) is 0. The molecule has 3 rings (SSSR count). The van der Waals surface area contributed by atoms with Crippen LogP contribution in [0.25, 0.3) is 11.0 Å². The number of hydrogen-bond acceptors (Lipinski definition) is 5. The molecule has 3 aromatic rings. The summed E-state index contributed by atoms with van der Waals surface area (Å²) in [4.78, 5) is 34.8. The van der Waals surface area contributed by atoms with Crippen LogP contribution in [0.4, 0.5) is 16.4 Å². The third kappa shape index (κ3) is 2.61. The van der Waals surface area contributed by atoms with Gasteiger partial charge in [0.05, 0.1) is 16.5 Å². The van der Waals surface area contributed by atoms with Crippen molar-refractivity contribution >= 4 is 46.0 Å². The van der Waals surface area contributed by atoms with Crippen molar-refractivity contribution in [3.05, 3.63) is 34.8 Å². The van der Waals surface area contributed by atoms with Gasteiger partial charge in [-0.2, -0.15) is 0 Å². The van der Waals surface area contributed by atoms with Crippen LogP contribution in [0.3, 0.4) is 0 Å². The molecule has 0 saturated heterocycles. The summed E-state index contributed by atoms with van der Waals surface area (Å²) in [6.07, 6.45) is -1.11. The lowest BCUT2D eigenvalue weighted by Gasteiger charge is -2.07. The van der Waals surface area contributed by atoms with Gasteiger partial charge < -0.3 is 15.4 Å². The minimum atomic E-state index is -1.11. The molecule has 0 bridgehead atoms. The van der Waals surface area contributed by atoms with E-state index in [1.54, 1.807) is 29.1 Å². The Morgan fingerprint density at radius 3 is 2.91 bits per heavy atom. The van der Waals surface area contributed by atoms with Gasteiger partial charge in [0.2, 0.25) is 5.95 Å². The van der Waals surface area contributed by atoms with E-state index in [0.717, 1.165) is 4.90 Å². The summed E-state index contributed by atoms with van der Waals surface area (Å²) in [6, 6.07) is 5.07. The van der Waals surface area contributed by atoms with Crippen LogP contribution in [0.15, 0.2) is 29.1 Å². The van der Waals surface area contributed by atoms with Gasteiger partial charge in [-0.25, -0.2) is 14.8 Å². The molecule has 112 valence electrons. The summed E-state index contributed by atoms with van der Waals surface area (Å²) >= 11 is 1.34. The second kappa shape index (κ2) is 5.45. The molecule has 0 radical (unpaired) electrons. The second-order valence-corrected chi connectivity index (χ2v) is 5.18. The average molecular weight is 317 g/mol. The van der Waals surface area contributed by atoms with Gasteiger partial charge in [0.15, 0.2) is 0 Å². The molecule has 0 spiro atoms. The average Bonchev–Trinajstić information content (AvgIpc) is 3.15. The van der Waals surface area contributed by atoms with E-state index in [4.69, 9.17) is 5.11 Å². The van der Waals surface area contributed by atoms with E-state index >= 15 is 0 Å². The van der Waals surface area contributed by atoms with E-state index in [0.29, 0.717) is 22.4 Å². The highest BCUT2D eigenvalue weighted by Crippen LogP contribution is 2.21. The number of rotatable bonds is 3. The Hall–Kier alpha value is -2.94. The number of fused-ring (bicyclic) bond motifs is 1. The Kier molecular flexibility index (Phi) is 3.47. The first kappa shape index (κ1) is 14.0. The highest BCUT2D eigenvalue weighted by atomic mass is 32.1. The topological polar surface area (TPSA) is 111 Å². The fourth-order valence-corrected chi connectivity index (χ4v) is 2.38. The number of carbonyl (C=O) groups is 2. The first-order valence-electron chi connectivity index (χ1n) is 6.20. The predicted molar refractivity (Wildman–Crippen MR) is 82.6 cm³/mol. The molecule has 0 saturated carbocycles. The number of nitrogens with one attached hydrogen (secondary N) is 2. The van der Waals surface area contributed by atoms with Crippen LogP contribution in [0.5, 0.6) is 0 Å². The summed E-state index contributed by atoms with van der Waals surface area (Å²) in [5.41, 5.74) is 3.73. The highest BCUT2D eigenvalue weighted by Gasteiger charge is 2.14. The van der Waals surface area contributed by atoms with Crippen molar-refractivity contribution in [2.45, 2.75) is 0 Å². The van der Waals surface area contributed by atoms with Crippen LogP contribution >= 0.6 is 11.3 Å². The number of imidazole rings is 1.